The molecule has 1 unspecified atom stereocenters. The molecule has 1 aliphatic rings. The quantitative estimate of drug-likeness (QED) is 0.698. The van der Waals surface area contributed by atoms with Crippen molar-refractivity contribution in [2.75, 3.05) is 13.1 Å². The maximum Gasteiger partial charge on any atom is 0.180 e. The number of imidazole rings is 1. The number of likely N-dealkylation sites (tertiary alicyclic amines) is 1. The van der Waals surface area contributed by atoms with Gasteiger partial charge in [0.1, 0.15) is 4.88 Å². The van der Waals surface area contributed by atoms with Gasteiger partial charge < -0.3 is 9.09 Å². The predicted molar refractivity (Wildman–Crippen MR) is 95.3 cm³/mol. The Bertz CT molecular complexity index is 838. The van der Waals surface area contributed by atoms with E-state index in [-0.39, 0.29) is 0 Å². The van der Waals surface area contributed by atoms with E-state index in [9.17, 15) is 0 Å². The summed E-state index contributed by atoms with van der Waals surface area (Å²) in [5, 5.41) is 8.43. The van der Waals surface area contributed by atoms with Crippen LogP contribution in [0.4, 0.5) is 0 Å². The zero-order valence-electron chi connectivity index (χ0n) is 14.6. The molecule has 0 radical (unpaired) electrons. The normalized spacial score (nSPS) is 18.7. The lowest BCUT2D eigenvalue weighted by atomic mass is 9.93. The Hall–Kier alpha value is -2.06. The number of aryl methyl sites for hydroxylation is 2. The van der Waals surface area contributed by atoms with E-state index in [4.69, 9.17) is 4.52 Å². The van der Waals surface area contributed by atoms with Crippen molar-refractivity contribution in [3.05, 3.63) is 35.7 Å². The molecule has 0 spiro atoms. The van der Waals surface area contributed by atoms with E-state index >= 15 is 0 Å². The van der Waals surface area contributed by atoms with Gasteiger partial charge >= 0.3 is 0 Å². The smallest absolute Gasteiger partial charge is 0.180 e. The first-order chi connectivity index (χ1) is 12.2. The van der Waals surface area contributed by atoms with Gasteiger partial charge in [-0.2, -0.15) is 0 Å². The van der Waals surface area contributed by atoms with Crippen molar-refractivity contribution in [2.45, 2.75) is 45.7 Å². The number of hydrogen-bond donors (Lipinski definition) is 0. The number of piperidine rings is 1. The van der Waals surface area contributed by atoms with Crippen LogP contribution in [0.3, 0.4) is 0 Å². The lowest BCUT2D eigenvalue weighted by Crippen LogP contribution is -2.34. The molecule has 3 aromatic heterocycles. The summed E-state index contributed by atoms with van der Waals surface area (Å²) >= 11 is 1.39. The first-order valence-corrected chi connectivity index (χ1v) is 9.49. The third-order valence-electron chi connectivity index (χ3n) is 4.78. The standard InChI is InChI=1S/C17H22N6OS/c1-3-23-11-18-8-14(23)10-22-6-4-5-13(9-22)16-17(25-21-19-16)15-7-12(2)20-24-15/h7-8,11,13H,3-6,9-10H2,1-2H3. The van der Waals surface area contributed by atoms with Gasteiger partial charge in [-0.15, -0.1) is 5.10 Å². The Kier molecular flexibility index (Phi) is 4.63. The second-order valence-corrected chi connectivity index (χ2v) is 7.32. The molecule has 4 rings (SSSR count). The van der Waals surface area contributed by atoms with Crippen molar-refractivity contribution in [1.29, 1.82) is 0 Å². The summed E-state index contributed by atoms with van der Waals surface area (Å²) in [7, 11) is 0. The first kappa shape index (κ1) is 16.4. The highest BCUT2D eigenvalue weighted by Gasteiger charge is 2.28. The van der Waals surface area contributed by atoms with Crippen LogP contribution >= 0.6 is 11.5 Å². The van der Waals surface area contributed by atoms with E-state index in [0.29, 0.717) is 5.92 Å². The summed E-state index contributed by atoms with van der Waals surface area (Å²) < 4.78 is 11.8. The molecule has 1 fully saturated rings. The Morgan fingerprint density at radius 2 is 2.32 bits per heavy atom. The number of hydrogen-bond acceptors (Lipinski definition) is 7. The number of rotatable bonds is 5. The molecule has 0 bridgehead atoms. The Labute approximate surface area is 150 Å². The fourth-order valence-electron chi connectivity index (χ4n) is 3.52. The molecule has 1 saturated heterocycles. The minimum Gasteiger partial charge on any atom is -0.355 e. The second kappa shape index (κ2) is 7.05. The Morgan fingerprint density at radius 1 is 1.40 bits per heavy atom. The van der Waals surface area contributed by atoms with Crippen molar-refractivity contribution >= 4 is 11.5 Å². The number of aromatic nitrogens is 5. The van der Waals surface area contributed by atoms with Gasteiger partial charge in [0.25, 0.3) is 0 Å². The van der Waals surface area contributed by atoms with Crippen molar-refractivity contribution in [3.8, 4) is 10.6 Å². The summed E-state index contributed by atoms with van der Waals surface area (Å²) in [5.41, 5.74) is 3.20. The molecule has 0 aromatic carbocycles. The molecule has 0 N–H and O–H groups in total. The molecule has 0 saturated carbocycles. The van der Waals surface area contributed by atoms with Gasteiger partial charge in [-0.1, -0.05) is 9.64 Å². The highest BCUT2D eigenvalue weighted by molar-refractivity contribution is 7.09. The van der Waals surface area contributed by atoms with Gasteiger partial charge in [0.05, 0.1) is 23.4 Å². The summed E-state index contributed by atoms with van der Waals surface area (Å²) in [4.78, 5) is 7.79. The van der Waals surface area contributed by atoms with Gasteiger partial charge in [0.15, 0.2) is 5.76 Å². The Balaban J connectivity index is 1.51. The largest absolute Gasteiger partial charge is 0.355 e. The zero-order chi connectivity index (χ0) is 17.2. The summed E-state index contributed by atoms with van der Waals surface area (Å²) in [6, 6.07) is 1.96. The van der Waals surface area contributed by atoms with Crippen LogP contribution in [0.1, 0.15) is 42.8 Å². The van der Waals surface area contributed by atoms with Crippen molar-refractivity contribution in [3.63, 3.8) is 0 Å². The van der Waals surface area contributed by atoms with E-state index in [1.54, 1.807) is 0 Å². The van der Waals surface area contributed by atoms with E-state index in [2.05, 4.69) is 36.1 Å². The highest BCUT2D eigenvalue weighted by atomic mass is 32.1. The molecule has 1 aliphatic heterocycles. The van der Waals surface area contributed by atoms with E-state index in [1.807, 2.05) is 25.5 Å². The maximum atomic E-state index is 5.44. The van der Waals surface area contributed by atoms with E-state index in [0.717, 1.165) is 61.0 Å². The average Bonchev–Trinajstić information content (AvgIpc) is 3.35. The van der Waals surface area contributed by atoms with E-state index in [1.165, 1.54) is 17.2 Å². The van der Waals surface area contributed by atoms with Crippen LogP contribution in [0.15, 0.2) is 23.1 Å². The van der Waals surface area contributed by atoms with E-state index < -0.39 is 0 Å². The minimum atomic E-state index is 0.380. The molecular weight excluding hydrogens is 336 g/mol. The predicted octanol–water partition coefficient (Wildman–Crippen LogP) is 3.10. The summed E-state index contributed by atoms with van der Waals surface area (Å²) in [5.74, 6) is 1.16. The third kappa shape index (κ3) is 3.36. The minimum absolute atomic E-state index is 0.380. The van der Waals surface area contributed by atoms with Gasteiger partial charge in [-0.05, 0) is 44.8 Å². The molecule has 0 amide bonds. The van der Waals surface area contributed by atoms with Crippen molar-refractivity contribution in [2.24, 2.45) is 0 Å². The van der Waals surface area contributed by atoms with Crippen LogP contribution in [0.5, 0.6) is 0 Å². The van der Waals surface area contributed by atoms with Crippen LogP contribution in [-0.4, -0.2) is 42.3 Å². The molecular formula is C17H22N6OS. The van der Waals surface area contributed by atoms with Crippen molar-refractivity contribution < 1.29 is 4.52 Å². The van der Waals surface area contributed by atoms with Gasteiger partial charge in [0, 0.05) is 37.8 Å². The molecule has 0 aliphatic carbocycles. The molecule has 1 atom stereocenters. The monoisotopic (exact) mass is 358 g/mol. The van der Waals surface area contributed by atoms with Crippen LogP contribution in [0.2, 0.25) is 0 Å². The SMILES string of the molecule is CCn1cncc1CN1CCCC(c2nnsc2-c2cc(C)no2)C1. The molecule has 132 valence electrons. The zero-order valence-corrected chi connectivity index (χ0v) is 15.4. The average molecular weight is 358 g/mol. The van der Waals surface area contributed by atoms with Crippen molar-refractivity contribution in [1.82, 2.24) is 29.2 Å². The Morgan fingerprint density at radius 3 is 3.12 bits per heavy atom. The molecule has 3 aromatic rings. The topological polar surface area (TPSA) is 72.9 Å². The fraction of sp³-hybridized carbons (Fsp3) is 0.529. The fourth-order valence-corrected chi connectivity index (χ4v) is 4.22. The number of nitrogens with zero attached hydrogens (tertiary/aromatic N) is 6. The lowest BCUT2D eigenvalue weighted by Gasteiger charge is -2.32. The second-order valence-electron chi connectivity index (χ2n) is 6.57. The van der Waals surface area contributed by atoms with Crippen LogP contribution in [0, 0.1) is 6.92 Å². The van der Waals surface area contributed by atoms with Crippen LogP contribution in [0.25, 0.3) is 10.6 Å². The van der Waals surface area contributed by atoms with Crippen LogP contribution < -0.4 is 0 Å². The third-order valence-corrected chi connectivity index (χ3v) is 5.54. The molecule has 4 heterocycles. The van der Waals surface area contributed by atoms with Gasteiger partial charge in [0.2, 0.25) is 0 Å². The molecule has 25 heavy (non-hydrogen) atoms. The first-order valence-electron chi connectivity index (χ1n) is 8.72. The summed E-state index contributed by atoms with van der Waals surface area (Å²) in [6.45, 7) is 8.06. The van der Waals surface area contributed by atoms with Gasteiger partial charge in [-0.25, -0.2) is 4.98 Å². The lowest BCUT2D eigenvalue weighted by molar-refractivity contribution is 0.194. The molecule has 8 heteroatoms. The molecule has 7 nitrogen and oxygen atoms in total. The highest BCUT2D eigenvalue weighted by Crippen LogP contribution is 2.35. The summed E-state index contributed by atoms with van der Waals surface area (Å²) in [6.07, 6.45) is 6.18. The van der Waals surface area contributed by atoms with Crippen LogP contribution in [-0.2, 0) is 13.1 Å². The van der Waals surface area contributed by atoms with Gasteiger partial charge in [-0.3, -0.25) is 4.90 Å². The maximum absolute atomic E-state index is 5.44.